The molecule has 0 saturated heterocycles. The summed E-state index contributed by atoms with van der Waals surface area (Å²) < 4.78 is 0. The first-order valence-electron chi connectivity index (χ1n) is 5.52. The maximum Gasteiger partial charge on any atom is 0.155 e. The van der Waals surface area contributed by atoms with Crippen LogP contribution in [0.3, 0.4) is 0 Å². The Kier molecular flexibility index (Phi) is 2.26. The fourth-order valence-corrected chi connectivity index (χ4v) is 2.01. The number of nitrogens with zero attached hydrogens (tertiary/aromatic N) is 1. The largest absolute Gasteiger partial charge is 0.380 e. The third kappa shape index (κ3) is 1.63. The van der Waals surface area contributed by atoms with E-state index in [2.05, 4.69) is 18.2 Å². The van der Waals surface area contributed by atoms with Crippen LogP contribution in [0.5, 0.6) is 5.75 Å². The van der Waals surface area contributed by atoms with E-state index in [4.69, 9.17) is 4.84 Å². The quantitative estimate of drug-likeness (QED) is 0.757. The molecule has 0 atom stereocenters. The van der Waals surface area contributed by atoms with E-state index in [0.29, 0.717) is 0 Å². The summed E-state index contributed by atoms with van der Waals surface area (Å²) in [4.78, 5) is 5.84. The van der Waals surface area contributed by atoms with Crippen LogP contribution in [0.15, 0.2) is 54.6 Å². The highest BCUT2D eigenvalue weighted by atomic mass is 16.7. The van der Waals surface area contributed by atoms with Gasteiger partial charge < -0.3 is 4.84 Å². The molecule has 0 spiro atoms. The molecule has 0 radical (unpaired) electrons. The van der Waals surface area contributed by atoms with Crippen LogP contribution < -0.4 is 9.90 Å². The zero-order valence-corrected chi connectivity index (χ0v) is 8.97. The van der Waals surface area contributed by atoms with Gasteiger partial charge in [-0.2, -0.15) is 0 Å². The summed E-state index contributed by atoms with van der Waals surface area (Å²) in [7, 11) is 0. The third-order valence-corrected chi connectivity index (χ3v) is 2.80. The average Bonchev–Trinajstić information content (AvgIpc) is 2.74. The van der Waals surface area contributed by atoms with Crippen LogP contribution in [0.4, 0.5) is 5.69 Å². The Morgan fingerprint density at radius 3 is 2.50 bits per heavy atom. The monoisotopic (exact) mass is 211 g/mol. The van der Waals surface area contributed by atoms with Crippen LogP contribution in [0.25, 0.3) is 0 Å². The number of hydrogen-bond acceptors (Lipinski definition) is 2. The molecule has 2 heteroatoms. The Labute approximate surface area is 95.0 Å². The summed E-state index contributed by atoms with van der Waals surface area (Å²) in [6.07, 6.45) is 1.06. The van der Waals surface area contributed by atoms with Gasteiger partial charge in [-0.3, -0.25) is 0 Å². The molecular weight excluding hydrogens is 198 g/mol. The zero-order valence-electron chi connectivity index (χ0n) is 8.97. The van der Waals surface area contributed by atoms with Gasteiger partial charge in [0, 0.05) is 0 Å². The molecule has 0 aromatic heterocycles. The molecular formula is C14H13NO. The van der Waals surface area contributed by atoms with Crippen LogP contribution >= 0.6 is 0 Å². The van der Waals surface area contributed by atoms with E-state index in [1.807, 2.05) is 41.5 Å². The van der Waals surface area contributed by atoms with Gasteiger partial charge in [-0.05, 0) is 30.2 Å². The molecule has 2 aromatic rings. The second-order valence-corrected chi connectivity index (χ2v) is 3.89. The molecule has 3 rings (SSSR count). The summed E-state index contributed by atoms with van der Waals surface area (Å²) in [5.41, 5.74) is 2.55. The Bertz CT molecular complexity index is 481. The molecule has 0 fully saturated rings. The van der Waals surface area contributed by atoms with E-state index in [1.54, 1.807) is 0 Å². The van der Waals surface area contributed by atoms with Gasteiger partial charge >= 0.3 is 0 Å². The van der Waals surface area contributed by atoms with Crippen LogP contribution in [-0.2, 0) is 6.42 Å². The Morgan fingerprint density at radius 2 is 1.62 bits per heavy atom. The van der Waals surface area contributed by atoms with Crippen molar-refractivity contribution in [3.63, 3.8) is 0 Å². The van der Waals surface area contributed by atoms with Crippen molar-refractivity contribution in [2.75, 3.05) is 11.6 Å². The SMILES string of the molecule is c1ccc(ON2CCc3ccccc32)cc1. The molecule has 1 aliphatic heterocycles. The molecule has 1 heterocycles. The molecule has 2 nitrogen and oxygen atoms in total. The maximum absolute atomic E-state index is 5.84. The van der Waals surface area contributed by atoms with E-state index in [0.717, 1.165) is 18.7 Å². The van der Waals surface area contributed by atoms with Crippen molar-refractivity contribution in [2.45, 2.75) is 6.42 Å². The lowest BCUT2D eigenvalue weighted by Crippen LogP contribution is -2.24. The van der Waals surface area contributed by atoms with Crippen molar-refractivity contribution in [2.24, 2.45) is 0 Å². The Morgan fingerprint density at radius 1 is 0.875 bits per heavy atom. The van der Waals surface area contributed by atoms with E-state index in [9.17, 15) is 0 Å². The van der Waals surface area contributed by atoms with Gasteiger partial charge in [0.15, 0.2) is 5.75 Å². The van der Waals surface area contributed by atoms with Gasteiger partial charge in [-0.25, -0.2) is 5.06 Å². The van der Waals surface area contributed by atoms with E-state index < -0.39 is 0 Å². The van der Waals surface area contributed by atoms with Gasteiger partial charge in [-0.15, -0.1) is 0 Å². The first-order valence-corrected chi connectivity index (χ1v) is 5.52. The fraction of sp³-hybridized carbons (Fsp3) is 0.143. The number of para-hydroxylation sites is 2. The highest BCUT2D eigenvalue weighted by Crippen LogP contribution is 2.28. The molecule has 16 heavy (non-hydrogen) atoms. The minimum absolute atomic E-state index is 0.888. The predicted molar refractivity (Wildman–Crippen MR) is 64.6 cm³/mol. The fourth-order valence-electron chi connectivity index (χ4n) is 2.01. The molecule has 0 aliphatic carbocycles. The molecule has 0 unspecified atom stereocenters. The minimum Gasteiger partial charge on any atom is -0.380 e. The molecule has 2 aromatic carbocycles. The smallest absolute Gasteiger partial charge is 0.155 e. The van der Waals surface area contributed by atoms with Gasteiger partial charge in [0.05, 0.1) is 12.2 Å². The van der Waals surface area contributed by atoms with Gasteiger partial charge in [-0.1, -0.05) is 36.4 Å². The standard InChI is InChI=1S/C14H13NO/c1-2-7-13(8-3-1)16-15-11-10-12-6-4-5-9-14(12)15/h1-9H,10-11H2. The lowest BCUT2D eigenvalue weighted by molar-refractivity contribution is 0.288. The van der Waals surface area contributed by atoms with Crippen molar-refractivity contribution in [1.82, 2.24) is 0 Å². The normalized spacial score (nSPS) is 13.6. The predicted octanol–water partition coefficient (Wildman–Crippen LogP) is 3.04. The van der Waals surface area contributed by atoms with Crippen LogP contribution in [0, 0.1) is 0 Å². The van der Waals surface area contributed by atoms with Gasteiger partial charge in [0.1, 0.15) is 0 Å². The molecule has 1 aliphatic rings. The first kappa shape index (κ1) is 9.28. The van der Waals surface area contributed by atoms with E-state index >= 15 is 0 Å². The van der Waals surface area contributed by atoms with Crippen LogP contribution in [0.1, 0.15) is 5.56 Å². The van der Waals surface area contributed by atoms with Crippen LogP contribution in [-0.4, -0.2) is 6.54 Å². The minimum atomic E-state index is 0.888. The number of benzene rings is 2. The molecule has 80 valence electrons. The van der Waals surface area contributed by atoms with Crippen molar-refractivity contribution in [3.05, 3.63) is 60.2 Å². The van der Waals surface area contributed by atoms with Crippen molar-refractivity contribution in [1.29, 1.82) is 0 Å². The summed E-state index contributed by atoms with van der Waals surface area (Å²) in [6.45, 7) is 0.925. The Balaban J connectivity index is 1.84. The Hall–Kier alpha value is -1.96. The molecule has 0 N–H and O–H groups in total. The number of hydroxylamine groups is 1. The lowest BCUT2D eigenvalue weighted by Gasteiger charge is -2.19. The molecule has 0 saturated carbocycles. The topological polar surface area (TPSA) is 12.5 Å². The van der Waals surface area contributed by atoms with Crippen molar-refractivity contribution in [3.8, 4) is 5.75 Å². The van der Waals surface area contributed by atoms with Gasteiger partial charge in [0.25, 0.3) is 0 Å². The third-order valence-electron chi connectivity index (χ3n) is 2.80. The zero-order chi connectivity index (χ0) is 10.8. The van der Waals surface area contributed by atoms with Crippen molar-refractivity contribution < 1.29 is 4.84 Å². The first-order chi connectivity index (χ1) is 7.93. The average molecular weight is 211 g/mol. The molecule has 0 amide bonds. The van der Waals surface area contributed by atoms with Crippen LogP contribution in [0.2, 0.25) is 0 Å². The number of anilines is 1. The van der Waals surface area contributed by atoms with E-state index in [-0.39, 0.29) is 0 Å². The lowest BCUT2D eigenvalue weighted by atomic mass is 10.2. The highest BCUT2D eigenvalue weighted by molar-refractivity contribution is 5.56. The second kappa shape index (κ2) is 3.89. The molecule has 0 bridgehead atoms. The maximum atomic E-state index is 5.84. The number of hydrogen-bond donors (Lipinski definition) is 0. The second-order valence-electron chi connectivity index (χ2n) is 3.89. The number of rotatable bonds is 2. The van der Waals surface area contributed by atoms with Crippen molar-refractivity contribution >= 4 is 5.69 Å². The summed E-state index contributed by atoms with van der Waals surface area (Å²) in [5.74, 6) is 0.888. The van der Waals surface area contributed by atoms with E-state index in [1.165, 1.54) is 11.3 Å². The highest BCUT2D eigenvalue weighted by Gasteiger charge is 2.19. The van der Waals surface area contributed by atoms with Gasteiger partial charge in [0.2, 0.25) is 0 Å². The number of fused-ring (bicyclic) bond motifs is 1. The summed E-state index contributed by atoms with van der Waals surface area (Å²) in [6, 6.07) is 18.3. The summed E-state index contributed by atoms with van der Waals surface area (Å²) in [5, 5.41) is 1.96. The summed E-state index contributed by atoms with van der Waals surface area (Å²) >= 11 is 0.